The number of rotatable bonds is 7. The molecule has 1 atom stereocenters. The summed E-state index contributed by atoms with van der Waals surface area (Å²) < 4.78 is 44.3. The number of hydrogen-bond acceptors (Lipinski definition) is 6. The molecule has 204 valence electrons. The summed E-state index contributed by atoms with van der Waals surface area (Å²) in [6, 6.07) is 11.0. The Morgan fingerprint density at radius 1 is 1.05 bits per heavy atom. The molecule has 2 aromatic carbocycles. The molecule has 0 aliphatic carbocycles. The molecule has 9 nitrogen and oxygen atoms in total. The highest BCUT2D eigenvalue weighted by Crippen LogP contribution is 2.32. The van der Waals surface area contributed by atoms with Crippen LogP contribution < -0.4 is 20.3 Å². The molecule has 4 rings (SSSR count). The summed E-state index contributed by atoms with van der Waals surface area (Å²) >= 11 is 0. The molecule has 12 heteroatoms. The number of carbonyl (C=O) groups excluding carboxylic acids is 3. The molecular weight excluding hydrogens is 503 g/mol. The maximum absolute atomic E-state index is 13.2. The second-order valence-electron chi connectivity index (χ2n) is 9.19. The standard InChI is InChI=1S/C26H30F3N5O4/c1-38-21-7-5-19(6-8-21)31-23(35)16-22-25(37)30-9-10-34(22)24(36)17-32-11-13-33(14-12-32)20-4-2-3-18(15-20)26(27,28)29/h2-8,15,22H,9-14,16-17H2,1H3,(H,30,37)(H,31,35). The van der Waals surface area contributed by atoms with E-state index >= 15 is 0 Å². The number of nitrogens with one attached hydrogen (secondary N) is 2. The van der Waals surface area contributed by atoms with Crippen molar-refractivity contribution >= 4 is 29.1 Å². The number of anilines is 2. The number of halogens is 3. The van der Waals surface area contributed by atoms with E-state index in [2.05, 4.69) is 10.6 Å². The molecule has 2 N–H and O–H groups in total. The van der Waals surface area contributed by atoms with Crippen molar-refractivity contribution in [3.05, 3.63) is 54.1 Å². The van der Waals surface area contributed by atoms with E-state index in [1.165, 1.54) is 18.1 Å². The fourth-order valence-electron chi connectivity index (χ4n) is 4.60. The van der Waals surface area contributed by atoms with Crippen molar-refractivity contribution in [3.8, 4) is 5.75 Å². The highest BCUT2D eigenvalue weighted by Gasteiger charge is 2.36. The van der Waals surface area contributed by atoms with Gasteiger partial charge in [-0.05, 0) is 42.5 Å². The van der Waals surface area contributed by atoms with E-state index in [1.54, 1.807) is 30.3 Å². The zero-order valence-corrected chi connectivity index (χ0v) is 21.0. The van der Waals surface area contributed by atoms with Gasteiger partial charge >= 0.3 is 6.18 Å². The molecule has 2 aromatic rings. The summed E-state index contributed by atoms with van der Waals surface area (Å²) in [6.07, 6.45) is -4.60. The lowest BCUT2D eigenvalue weighted by Gasteiger charge is -2.39. The van der Waals surface area contributed by atoms with Gasteiger partial charge in [0.1, 0.15) is 11.8 Å². The number of benzene rings is 2. The molecule has 0 saturated carbocycles. The van der Waals surface area contributed by atoms with Crippen LogP contribution >= 0.6 is 0 Å². The molecule has 1 unspecified atom stereocenters. The van der Waals surface area contributed by atoms with Crippen molar-refractivity contribution in [1.29, 1.82) is 0 Å². The lowest BCUT2D eigenvalue weighted by Crippen LogP contribution is -2.60. The van der Waals surface area contributed by atoms with Crippen LogP contribution in [0.5, 0.6) is 5.75 Å². The first kappa shape index (κ1) is 27.2. The average Bonchev–Trinajstić information content (AvgIpc) is 2.90. The number of carbonyl (C=O) groups is 3. The number of hydrogen-bond donors (Lipinski definition) is 2. The molecule has 0 spiro atoms. The third-order valence-corrected chi connectivity index (χ3v) is 6.67. The highest BCUT2D eigenvalue weighted by atomic mass is 19.4. The Kier molecular flexibility index (Phi) is 8.40. The Morgan fingerprint density at radius 2 is 1.76 bits per heavy atom. The maximum atomic E-state index is 13.2. The topological polar surface area (TPSA) is 94.2 Å². The van der Waals surface area contributed by atoms with Gasteiger partial charge in [0.05, 0.1) is 25.6 Å². The van der Waals surface area contributed by atoms with Crippen LogP contribution in [0.4, 0.5) is 24.5 Å². The van der Waals surface area contributed by atoms with Crippen molar-refractivity contribution < 1.29 is 32.3 Å². The van der Waals surface area contributed by atoms with E-state index < -0.39 is 23.7 Å². The van der Waals surface area contributed by atoms with Gasteiger partial charge in [-0.3, -0.25) is 19.3 Å². The number of piperazine rings is 2. The lowest BCUT2D eigenvalue weighted by atomic mass is 10.1. The van der Waals surface area contributed by atoms with E-state index in [0.717, 1.165) is 12.1 Å². The van der Waals surface area contributed by atoms with Crippen molar-refractivity contribution in [3.63, 3.8) is 0 Å². The van der Waals surface area contributed by atoms with Gasteiger partial charge in [-0.1, -0.05) is 6.07 Å². The van der Waals surface area contributed by atoms with E-state index in [0.29, 0.717) is 49.8 Å². The van der Waals surface area contributed by atoms with Crippen LogP contribution in [0.1, 0.15) is 12.0 Å². The number of alkyl halides is 3. The lowest BCUT2D eigenvalue weighted by molar-refractivity contribution is -0.145. The first-order valence-corrected chi connectivity index (χ1v) is 12.3. The Bertz CT molecular complexity index is 1150. The van der Waals surface area contributed by atoms with E-state index in [1.807, 2.05) is 9.80 Å². The summed E-state index contributed by atoms with van der Waals surface area (Å²) in [5.41, 5.74) is 0.336. The molecule has 2 aliphatic heterocycles. The van der Waals surface area contributed by atoms with Crippen LogP contribution in [-0.4, -0.2) is 86.5 Å². The SMILES string of the molecule is COc1ccc(NC(=O)CC2C(=O)NCCN2C(=O)CN2CCN(c3cccc(C(F)(F)F)c3)CC2)cc1. The minimum absolute atomic E-state index is 0.0559. The summed E-state index contributed by atoms with van der Waals surface area (Å²) in [6.45, 7) is 2.51. The second-order valence-corrected chi connectivity index (χ2v) is 9.19. The smallest absolute Gasteiger partial charge is 0.416 e. The third-order valence-electron chi connectivity index (χ3n) is 6.67. The monoisotopic (exact) mass is 533 g/mol. The molecule has 0 bridgehead atoms. The fourth-order valence-corrected chi connectivity index (χ4v) is 4.60. The van der Waals surface area contributed by atoms with Crippen molar-refractivity contribution in [2.45, 2.75) is 18.6 Å². The predicted octanol–water partition coefficient (Wildman–Crippen LogP) is 2.19. The normalized spacial score (nSPS) is 18.6. The Balaban J connectivity index is 1.32. The number of nitrogens with zero attached hydrogens (tertiary/aromatic N) is 3. The van der Waals surface area contributed by atoms with Crippen LogP contribution in [0.2, 0.25) is 0 Å². The quantitative estimate of drug-likeness (QED) is 0.567. The zero-order chi connectivity index (χ0) is 27.3. The highest BCUT2D eigenvalue weighted by molar-refractivity contribution is 5.97. The first-order valence-electron chi connectivity index (χ1n) is 12.3. The number of methoxy groups -OCH3 is 1. The van der Waals surface area contributed by atoms with Crippen LogP contribution in [-0.2, 0) is 20.6 Å². The van der Waals surface area contributed by atoms with Crippen molar-refractivity contribution in [2.24, 2.45) is 0 Å². The predicted molar refractivity (Wildman–Crippen MR) is 135 cm³/mol. The van der Waals surface area contributed by atoms with E-state index in [4.69, 9.17) is 4.74 Å². The molecule has 0 radical (unpaired) electrons. The van der Waals surface area contributed by atoms with Crippen molar-refractivity contribution in [1.82, 2.24) is 15.1 Å². The van der Waals surface area contributed by atoms with Crippen LogP contribution in [0.25, 0.3) is 0 Å². The third kappa shape index (κ3) is 6.74. The molecule has 38 heavy (non-hydrogen) atoms. The van der Waals surface area contributed by atoms with Crippen LogP contribution in [0.3, 0.4) is 0 Å². The maximum Gasteiger partial charge on any atom is 0.416 e. The Labute approximate surface area is 218 Å². The van der Waals surface area contributed by atoms with Crippen LogP contribution in [0.15, 0.2) is 48.5 Å². The summed E-state index contributed by atoms with van der Waals surface area (Å²) in [5.74, 6) is -0.412. The second kappa shape index (κ2) is 11.7. The molecule has 2 fully saturated rings. The molecule has 2 heterocycles. The van der Waals surface area contributed by atoms with Gasteiger partial charge in [-0.25, -0.2) is 0 Å². The van der Waals surface area contributed by atoms with Crippen molar-refractivity contribution in [2.75, 3.05) is 63.1 Å². The van der Waals surface area contributed by atoms with E-state index in [-0.39, 0.29) is 31.3 Å². The minimum Gasteiger partial charge on any atom is -0.497 e. The fraction of sp³-hybridized carbons (Fsp3) is 0.423. The van der Waals surface area contributed by atoms with Gasteiger partial charge in [0.15, 0.2) is 0 Å². The van der Waals surface area contributed by atoms with Crippen LogP contribution in [0, 0.1) is 0 Å². The molecule has 2 saturated heterocycles. The van der Waals surface area contributed by atoms with Gasteiger partial charge < -0.3 is 25.2 Å². The molecular formula is C26H30F3N5O4. The largest absolute Gasteiger partial charge is 0.497 e. The zero-order valence-electron chi connectivity index (χ0n) is 21.0. The summed E-state index contributed by atoms with van der Waals surface area (Å²) in [5, 5.41) is 5.45. The molecule has 2 aliphatic rings. The average molecular weight is 534 g/mol. The van der Waals surface area contributed by atoms with E-state index in [9.17, 15) is 27.6 Å². The van der Waals surface area contributed by atoms with Gasteiger partial charge in [0, 0.05) is 50.6 Å². The Morgan fingerprint density at radius 3 is 2.42 bits per heavy atom. The first-order chi connectivity index (χ1) is 18.1. The van der Waals surface area contributed by atoms with Gasteiger partial charge in [-0.2, -0.15) is 13.2 Å². The van der Waals surface area contributed by atoms with Gasteiger partial charge in [0.25, 0.3) is 0 Å². The Hall–Kier alpha value is -3.80. The van der Waals surface area contributed by atoms with Gasteiger partial charge in [0.2, 0.25) is 17.7 Å². The summed E-state index contributed by atoms with van der Waals surface area (Å²) in [4.78, 5) is 43.6. The minimum atomic E-state index is -4.41. The number of ether oxygens (including phenoxy) is 1. The number of amides is 3. The summed E-state index contributed by atoms with van der Waals surface area (Å²) in [7, 11) is 1.54. The molecule has 3 amide bonds. The molecule has 0 aromatic heterocycles. The van der Waals surface area contributed by atoms with Gasteiger partial charge in [-0.15, -0.1) is 0 Å².